The molecule has 4 rings (SSSR count). The molecular weight excluding hydrogens is 590 g/mol. The number of alkyl carbamates (subject to hydrolysis) is 1. The average Bonchev–Trinajstić information content (AvgIpc) is 3.38. The second-order valence-corrected chi connectivity index (χ2v) is 16.7. The molecule has 9 nitrogen and oxygen atoms in total. The number of nitrogens with two attached hydrogens (primary N) is 1. The summed E-state index contributed by atoms with van der Waals surface area (Å²) in [6.45, 7) is 13.7. The molecule has 47 heavy (non-hydrogen) atoms. The highest BCUT2D eigenvalue weighted by atomic mass is 16.6. The molecule has 0 saturated heterocycles. The Bertz CT molecular complexity index is 1110. The number of ether oxygens (including phenoxy) is 1. The van der Waals surface area contributed by atoms with Gasteiger partial charge in [-0.25, -0.2) is 4.79 Å². The van der Waals surface area contributed by atoms with Gasteiger partial charge in [-0.3, -0.25) is 9.59 Å². The van der Waals surface area contributed by atoms with E-state index in [-0.39, 0.29) is 11.5 Å². The van der Waals surface area contributed by atoms with Gasteiger partial charge in [0.2, 0.25) is 11.8 Å². The van der Waals surface area contributed by atoms with Crippen molar-refractivity contribution in [2.24, 2.45) is 52.1 Å². The Morgan fingerprint density at radius 1 is 0.894 bits per heavy atom. The number of rotatable bonds is 16. The summed E-state index contributed by atoms with van der Waals surface area (Å²) in [4.78, 5) is 38.2. The molecule has 3 amide bonds. The number of quaternary nitrogens is 2. The fourth-order valence-corrected chi connectivity index (χ4v) is 10.6. The second-order valence-electron chi connectivity index (χ2n) is 16.7. The van der Waals surface area contributed by atoms with Crippen LogP contribution in [0.25, 0.3) is 0 Å². The van der Waals surface area contributed by atoms with Crippen LogP contribution in [0.5, 0.6) is 0 Å². The van der Waals surface area contributed by atoms with Crippen LogP contribution in [-0.4, -0.2) is 49.2 Å². The largest absolute Gasteiger partial charge is 0.446 e. The van der Waals surface area contributed by atoms with E-state index in [9.17, 15) is 14.4 Å². The number of hydrogen-bond acceptors (Lipinski definition) is 4. The molecule has 0 aliphatic heterocycles. The molecule has 0 aromatic rings. The average molecular weight is 660 g/mol. The summed E-state index contributed by atoms with van der Waals surface area (Å²) in [6.07, 6.45) is 17.3. The van der Waals surface area contributed by atoms with E-state index in [0.717, 1.165) is 55.3 Å². The first-order valence-electron chi connectivity index (χ1n) is 19.2. The molecule has 10 atom stereocenters. The predicted octanol–water partition coefficient (Wildman–Crippen LogP) is 4.51. The van der Waals surface area contributed by atoms with Crippen LogP contribution in [0.2, 0.25) is 0 Å². The normalized spacial score (nSPS) is 33.4. The quantitative estimate of drug-likeness (QED) is 0.154. The van der Waals surface area contributed by atoms with Crippen LogP contribution in [-0.2, 0) is 14.3 Å². The maximum absolute atomic E-state index is 13.1. The standard InChI is InChI=1S/C38H67N5O4/c1-24(2)9-6-10-25(3)29-15-16-30-28-14-13-26-23-27(17-19-37(26,4)31(28)18-20-38(29,30)5)47-36(46)43-33(12-8-22-40)35(45)42-32(34(41)44)11-7-21-39/h13,24-25,27-33H,6-12,14-23,39-40H2,1-5H3,(H2,41,44)(H,42,45)(H,43,46)/p+2. The van der Waals surface area contributed by atoms with E-state index in [1.165, 1.54) is 50.5 Å². The van der Waals surface area contributed by atoms with Gasteiger partial charge in [0.25, 0.3) is 0 Å². The lowest BCUT2D eigenvalue weighted by Gasteiger charge is -2.58. The Balaban J connectivity index is 1.35. The molecule has 0 heterocycles. The lowest BCUT2D eigenvalue weighted by molar-refractivity contribution is -0.369. The Morgan fingerprint density at radius 2 is 1.60 bits per heavy atom. The molecule has 3 fully saturated rings. The van der Waals surface area contributed by atoms with Crippen molar-refractivity contribution in [3.63, 3.8) is 0 Å². The fraction of sp³-hybridized carbons (Fsp3) is 0.868. The number of nitrogens with one attached hydrogen (secondary N) is 2. The van der Waals surface area contributed by atoms with Crippen LogP contribution in [0, 0.1) is 46.3 Å². The predicted molar refractivity (Wildman–Crippen MR) is 185 cm³/mol. The van der Waals surface area contributed by atoms with E-state index in [1.54, 1.807) is 0 Å². The molecule has 0 bridgehead atoms. The van der Waals surface area contributed by atoms with E-state index in [2.05, 4.69) is 62.8 Å². The second kappa shape index (κ2) is 16.5. The van der Waals surface area contributed by atoms with Crippen LogP contribution in [0.1, 0.15) is 131 Å². The third-order valence-electron chi connectivity index (χ3n) is 13.3. The number of fused-ring (bicyclic) bond motifs is 5. The number of hydrogen-bond donors (Lipinski definition) is 5. The van der Waals surface area contributed by atoms with Crippen molar-refractivity contribution in [1.82, 2.24) is 10.6 Å². The van der Waals surface area contributed by atoms with E-state index >= 15 is 0 Å². The van der Waals surface area contributed by atoms with Gasteiger partial charge in [0.1, 0.15) is 18.2 Å². The Hall–Kier alpha value is -2.13. The van der Waals surface area contributed by atoms with E-state index in [1.807, 2.05) is 0 Å². The minimum atomic E-state index is -0.806. The Labute approximate surface area is 284 Å². The van der Waals surface area contributed by atoms with Crippen LogP contribution < -0.4 is 27.8 Å². The minimum absolute atomic E-state index is 0.176. The van der Waals surface area contributed by atoms with Crippen molar-refractivity contribution in [2.75, 3.05) is 13.1 Å². The first-order chi connectivity index (χ1) is 22.3. The van der Waals surface area contributed by atoms with Gasteiger partial charge in [0, 0.05) is 6.42 Å². The number of primary amides is 1. The first kappa shape index (κ1) is 37.7. The maximum Gasteiger partial charge on any atom is 0.408 e. The number of carbonyl (C=O) groups excluding carboxylic acids is 3. The summed E-state index contributed by atoms with van der Waals surface area (Å²) in [5.74, 6) is 3.77. The third kappa shape index (κ3) is 8.73. The molecule has 0 aromatic heterocycles. The Morgan fingerprint density at radius 3 is 2.26 bits per heavy atom. The monoisotopic (exact) mass is 660 g/mol. The van der Waals surface area contributed by atoms with Crippen molar-refractivity contribution in [1.29, 1.82) is 0 Å². The molecule has 268 valence electrons. The van der Waals surface area contributed by atoms with Crippen molar-refractivity contribution < 1.29 is 30.6 Å². The zero-order valence-corrected chi connectivity index (χ0v) is 30.4. The summed E-state index contributed by atoms with van der Waals surface area (Å²) in [5.41, 5.74) is 15.3. The van der Waals surface area contributed by atoms with Gasteiger partial charge in [-0.1, -0.05) is 65.5 Å². The molecule has 0 radical (unpaired) electrons. The molecule has 9 heteroatoms. The summed E-state index contributed by atoms with van der Waals surface area (Å²) >= 11 is 0. The van der Waals surface area contributed by atoms with E-state index in [0.29, 0.717) is 50.1 Å². The van der Waals surface area contributed by atoms with Crippen LogP contribution >= 0.6 is 0 Å². The van der Waals surface area contributed by atoms with Gasteiger partial charge in [0.05, 0.1) is 13.1 Å². The topological polar surface area (TPSA) is 166 Å². The fourth-order valence-electron chi connectivity index (χ4n) is 10.6. The maximum atomic E-state index is 13.1. The van der Waals surface area contributed by atoms with Gasteiger partial charge >= 0.3 is 6.09 Å². The number of allylic oxidation sites excluding steroid dienone is 1. The lowest BCUT2D eigenvalue weighted by Crippen LogP contribution is -2.55. The third-order valence-corrected chi connectivity index (χ3v) is 13.3. The highest BCUT2D eigenvalue weighted by Crippen LogP contribution is 2.67. The van der Waals surface area contributed by atoms with Crippen molar-refractivity contribution in [3.8, 4) is 0 Å². The highest BCUT2D eigenvalue weighted by Gasteiger charge is 2.59. The zero-order valence-electron chi connectivity index (χ0n) is 30.4. The van der Waals surface area contributed by atoms with Crippen LogP contribution in [0.15, 0.2) is 11.6 Å². The number of carbonyl (C=O) groups is 3. The summed E-state index contributed by atoms with van der Waals surface area (Å²) in [7, 11) is 0. The van der Waals surface area contributed by atoms with Crippen molar-refractivity contribution in [2.45, 2.75) is 149 Å². The van der Waals surface area contributed by atoms with Gasteiger partial charge in [0.15, 0.2) is 0 Å². The smallest absolute Gasteiger partial charge is 0.408 e. The molecule has 4 aliphatic carbocycles. The molecule has 10 unspecified atom stereocenters. The molecular formula is C38H69N5O4+2. The van der Waals surface area contributed by atoms with Gasteiger partial charge in [-0.2, -0.15) is 0 Å². The van der Waals surface area contributed by atoms with Gasteiger partial charge < -0.3 is 32.6 Å². The van der Waals surface area contributed by atoms with Gasteiger partial charge in [-0.05, 0) is 117 Å². The molecule has 10 N–H and O–H groups in total. The zero-order chi connectivity index (χ0) is 34.4. The minimum Gasteiger partial charge on any atom is -0.446 e. The summed E-state index contributed by atoms with van der Waals surface area (Å²) < 4.78 is 5.99. The van der Waals surface area contributed by atoms with E-state index in [4.69, 9.17) is 10.5 Å². The molecule has 3 saturated carbocycles. The van der Waals surface area contributed by atoms with Gasteiger partial charge in [-0.15, -0.1) is 0 Å². The SMILES string of the molecule is CC(C)CCCC(C)C1CCC2C3CC=C4CC(OC(=O)NC(CCC[NH3+])C(=O)NC(CCC[NH3+])C(N)=O)CCC4(C)C3CCC12C. The van der Waals surface area contributed by atoms with Crippen molar-refractivity contribution >= 4 is 17.9 Å². The van der Waals surface area contributed by atoms with E-state index < -0.39 is 30.0 Å². The first-order valence-corrected chi connectivity index (χ1v) is 19.2. The summed E-state index contributed by atoms with van der Waals surface area (Å²) in [5, 5.41) is 5.54. The molecule has 0 spiro atoms. The highest BCUT2D eigenvalue weighted by molar-refractivity contribution is 5.90. The van der Waals surface area contributed by atoms with Crippen molar-refractivity contribution in [3.05, 3.63) is 11.6 Å². The molecule has 0 aromatic carbocycles. The van der Waals surface area contributed by atoms with Crippen LogP contribution in [0.3, 0.4) is 0 Å². The number of amides is 3. The Kier molecular flexibility index (Phi) is 13.2. The van der Waals surface area contributed by atoms with Crippen LogP contribution in [0.4, 0.5) is 4.79 Å². The lowest BCUT2D eigenvalue weighted by atomic mass is 9.47. The molecule has 4 aliphatic rings. The summed E-state index contributed by atoms with van der Waals surface area (Å²) in [6, 6.07) is -1.59.